The summed E-state index contributed by atoms with van der Waals surface area (Å²) >= 11 is 5.76. The highest BCUT2D eigenvalue weighted by molar-refractivity contribution is 6.31. The third-order valence-corrected chi connectivity index (χ3v) is 5.13. The first kappa shape index (κ1) is 16.6. The first-order valence-electron chi connectivity index (χ1n) is 7.71. The standard InChI is InChI=1S/C17H16ClNO5/c1-17-6-2-3-13(17)15(8-11(20)9-17)24-16(21)12-5-4-10(18)7-14(12)19(22)23/h4-5,7-8,13H,2-3,6,9H2,1H3. The molecule has 3 rings (SSSR count). The summed E-state index contributed by atoms with van der Waals surface area (Å²) in [7, 11) is 0. The van der Waals surface area contributed by atoms with Crippen LogP contribution < -0.4 is 0 Å². The van der Waals surface area contributed by atoms with Gasteiger partial charge in [0.2, 0.25) is 0 Å². The highest BCUT2D eigenvalue weighted by atomic mass is 35.5. The van der Waals surface area contributed by atoms with Gasteiger partial charge in [-0.05, 0) is 30.4 Å². The van der Waals surface area contributed by atoms with Crippen LogP contribution in [0.25, 0.3) is 0 Å². The number of hydrogen-bond acceptors (Lipinski definition) is 5. The minimum atomic E-state index is -0.839. The summed E-state index contributed by atoms with van der Waals surface area (Å²) in [5.41, 5.74) is -0.791. The zero-order valence-electron chi connectivity index (χ0n) is 13.1. The number of hydrogen-bond donors (Lipinski definition) is 0. The fourth-order valence-corrected chi connectivity index (χ4v) is 3.90. The Balaban J connectivity index is 1.90. The molecule has 0 spiro atoms. The van der Waals surface area contributed by atoms with E-state index >= 15 is 0 Å². The highest BCUT2D eigenvalue weighted by Crippen LogP contribution is 2.51. The number of ether oxygens (including phenoxy) is 1. The maximum atomic E-state index is 12.4. The summed E-state index contributed by atoms with van der Waals surface area (Å²) in [5.74, 6) is -0.608. The van der Waals surface area contributed by atoms with Crippen molar-refractivity contribution >= 4 is 29.0 Å². The molecule has 2 atom stereocenters. The van der Waals surface area contributed by atoms with Gasteiger partial charge in [0.1, 0.15) is 11.3 Å². The Labute approximate surface area is 143 Å². The molecule has 1 aromatic rings. The van der Waals surface area contributed by atoms with Gasteiger partial charge in [0, 0.05) is 29.5 Å². The number of rotatable bonds is 3. The first-order valence-corrected chi connectivity index (χ1v) is 8.08. The van der Waals surface area contributed by atoms with Crippen LogP contribution in [0.3, 0.4) is 0 Å². The Kier molecular flexibility index (Phi) is 4.17. The van der Waals surface area contributed by atoms with Crippen LogP contribution in [-0.2, 0) is 9.53 Å². The summed E-state index contributed by atoms with van der Waals surface area (Å²) in [4.78, 5) is 34.8. The number of nitrogens with zero attached hydrogens (tertiary/aromatic N) is 1. The Morgan fingerprint density at radius 2 is 2.21 bits per heavy atom. The van der Waals surface area contributed by atoms with E-state index in [4.69, 9.17) is 16.3 Å². The number of allylic oxidation sites excluding steroid dienone is 2. The Hall–Kier alpha value is -2.21. The largest absolute Gasteiger partial charge is 0.427 e. The number of ketones is 1. The molecule has 0 radical (unpaired) electrons. The van der Waals surface area contributed by atoms with Gasteiger partial charge in [0.15, 0.2) is 5.78 Å². The lowest BCUT2D eigenvalue weighted by Crippen LogP contribution is -2.32. The van der Waals surface area contributed by atoms with Crippen LogP contribution in [0, 0.1) is 21.4 Å². The van der Waals surface area contributed by atoms with E-state index in [1.807, 2.05) is 6.92 Å². The van der Waals surface area contributed by atoms with Crippen LogP contribution in [-0.4, -0.2) is 16.7 Å². The molecule has 2 unspecified atom stereocenters. The number of esters is 1. The number of nitro benzene ring substituents is 1. The van der Waals surface area contributed by atoms with Crippen LogP contribution in [0.1, 0.15) is 43.0 Å². The molecule has 1 fully saturated rings. The monoisotopic (exact) mass is 349 g/mol. The van der Waals surface area contributed by atoms with Crippen molar-refractivity contribution in [1.82, 2.24) is 0 Å². The molecular weight excluding hydrogens is 334 g/mol. The van der Waals surface area contributed by atoms with Gasteiger partial charge in [0.05, 0.1) is 4.92 Å². The van der Waals surface area contributed by atoms with Crippen LogP contribution >= 0.6 is 11.6 Å². The molecule has 0 amide bonds. The smallest absolute Gasteiger partial charge is 0.350 e. The fourth-order valence-electron chi connectivity index (χ4n) is 3.73. The van der Waals surface area contributed by atoms with Crippen molar-refractivity contribution in [2.24, 2.45) is 11.3 Å². The van der Waals surface area contributed by atoms with Crippen molar-refractivity contribution < 1.29 is 19.2 Å². The van der Waals surface area contributed by atoms with Gasteiger partial charge in [-0.2, -0.15) is 0 Å². The molecule has 2 aliphatic rings. The molecule has 0 heterocycles. The van der Waals surface area contributed by atoms with Crippen molar-refractivity contribution in [2.45, 2.75) is 32.6 Å². The summed E-state index contributed by atoms with van der Waals surface area (Å²) < 4.78 is 5.41. The molecule has 2 aliphatic carbocycles. The van der Waals surface area contributed by atoms with E-state index < -0.39 is 16.6 Å². The maximum Gasteiger partial charge on any atom is 0.350 e. The van der Waals surface area contributed by atoms with Crippen LogP contribution in [0.15, 0.2) is 30.0 Å². The third-order valence-electron chi connectivity index (χ3n) is 4.89. The van der Waals surface area contributed by atoms with Gasteiger partial charge in [0.25, 0.3) is 5.69 Å². The van der Waals surface area contributed by atoms with Crippen molar-refractivity contribution in [1.29, 1.82) is 0 Å². The lowest BCUT2D eigenvalue weighted by atomic mass is 9.71. The second-order valence-corrected chi connectivity index (χ2v) is 7.03. The zero-order valence-corrected chi connectivity index (χ0v) is 13.8. The normalized spacial score (nSPS) is 25.8. The van der Waals surface area contributed by atoms with Gasteiger partial charge in [-0.25, -0.2) is 4.79 Å². The van der Waals surface area contributed by atoms with Gasteiger partial charge in [-0.15, -0.1) is 0 Å². The van der Waals surface area contributed by atoms with E-state index in [1.165, 1.54) is 18.2 Å². The predicted molar refractivity (Wildman–Crippen MR) is 86.7 cm³/mol. The fraction of sp³-hybridized carbons (Fsp3) is 0.412. The number of fused-ring (bicyclic) bond motifs is 1. The number of carbonyl (C=O) groups excluding carboxylic acids is 2. The van der Waals surface area contributed by atoms with Crippen LogP contribution in [0.2, 0.25) is 5.02 Å². The molecule has 0 aliphatic heterocycles. The Bertz CT molecular complexity index is 772. The lowest BCUT2D eigenvalue weighted by Gasteiger charge is -2.34. The molecule has 0 aromatic heterocycles. The van der Waals surface area contributed by atoms with Gasteiger partial charge in [-0.1, -0.05) is 24.9 Å². The predicted octanol–water partition coefficient (Wildman–Crippen LogP) is 4.07. The van der Waals surface area contributed by atoms with E-state index in [-0.39, 0.29) is 27.7 Å². The molecule has 1 aromatic carbocycles. The second-order valence-electron chi connectivity index (χ2n) is 6.60. The minimum Gasteiger partial charge on any atom is -0.427 e. The quantitative estimate of drug-likeness (QED) is 0.466. The molecule has 126 valence electrons. The molecule has 6 nitrogen and oxygen atoms in total. The van der Waals surface area contributed by atoms with Crippen molar-refractivity contribution in [2.75, 3.05) is 0 Å². The molecule has 0 saturated heterocycles. The van der Waals surface area contributed by atoms with E-state index in [0.717, 1.165) is 25.3 Å². The Morgan fingerprint density at radius 3 is 2.92 bits per heavy atom. The van der Waals surface area contributed by atoms with Gasteiger partial charge in [-0.3, -0.25) is 14.9 Å². The van der Waals surface area contributed by atoms with Gasteiger partial charge >= 0.3 is 5.97 Å². The van der Waals surface area contributed by atoms with Gasteiger partial charge < -0.3 is 4.74 Å². The number of carbonyl (C=O) groups is 2. The summed E-state index contributed by atoms with van der Waals surface area (Å²) in [6.45, 7) is 2.02. The second kappa shape index (κ2) is 6.02. The van der Waals surface area contributed by atoms with Crippen molar-refractivity contribution in [3.63, 3.8) is 0 Å². The minimum absolute atomic E-state index is 0.00879. The van der Waals surface area contributed by atoms with Crippen LogP contribution in [0.5, 0.6) is 0 Å². The number of halogens is 1. The average Bonchev–Trinajstić information content (AvgIpc) is 2.88. The zero-order chi connectivity index (χ0) is 17.5. The van der Waals surface area contributed by atoms with E-state index in [9.17, 15) is 19.7 Å². The molecule has 1 saturated carbocycles. The number of nitro groups is 1. The SMILES string of the molecule is CC12CCCC1C(OC(=O)c1ccc(Cl)cc1[N+](=O)[O-])=CC(=O)C2. The van der Waals surface area contributed by atoms with Crippen LogP contribution in [0.4, 0.5) is 5.69 Å². The molecule has 7 heteroatoms. The summed E-state index contributed by atoms with van der Waals surface area (Å²) in [5, 5.41) is 11.3. The number of benzene rings is 1. The third kappa shape index (κ3) is 2.94. The lowest BCUT2D eigenvalue weighted by molar-refractivity contribution is -0.385. The highest BCUT2D eigenvalue weighted by Gasteiger charge is 2.46. The topological polar surface area (TPSA) is 86.5 Å². The van der Waals surface area contributed by atoms with Crippen molar-refractivity contribution in [3.8, 4) is 0 Å². The summed E-state index contributed by atoms with van der Waals surface area (Å²) in [6.07, 6.45) is 4.51. The molecular formula is C17H16ClNO5. The first-order chi connectivity index (χ1) is 11.3. The Morgan fingerprint density at radius 1 is 1.46 bits per heavy atom. The van der Waals surface area contributed by atoms with E-state index in [2.05, 4.69) is 0 Å². The molecule has 0 bridgehead atoms. The molecule has 24 heavy (non-hydrogen) atoms. The van der Waals surface area contributed by atoms with E-state index in [0.29, 0.717) is 12.2 Å². The molecule has 0 N–H and O–H groups in total. The van der Waals surface area contributed by atoms with Crippen molar-refractivity contribution in [3.05, 3.63) is 50.7 Å². The summed E-state index contributed by atoms with van der Waals surface area (Å²) in [6, 6.07) is 3.77. The maximum absolute atomic E-state index is 12.4. The van der Waals surface area contributed by atoms with E-state index in [1.54, 1.807) is 0 Å². The average molecular weight is 350 g/mol.